The van der Waals surface area contributed by atoms with E-state index in [0.717, 1.165) is 0 Å². The molecule has 0 fully saturated rings. The van der Waals surface area contributed by atoms with Gasteiger partial charge < -0.3 is 0 Å². The molecule has 5 heteroatoms. The van der Waals surface area contributed by atoms with Crippen LogP contribution in [0.25, 0.3) is 0 Å². The van der Waals surface area contributed by atoms with E-state index in [-0.39, 0.29) is 33.4 Å². The summed E-state index contributed by atoms with van der Waals surface area (Å²) in [4.78, 5) is 0. The van der Waals surface area contributed by atoms with Crippen LogP contribution in [-0.2, 0) is 0 Å². The molecule has 0 rings (SSSR count). The number of halogens is 4. The fourth-order valence-corrected chi connectivity index (χ4v) is 0.214. The summed E-state index contributed by atoms with van der Waals surface area (Å²) < 4.78 is 32.7. The Morgan fingerprint density at radius 2 is 1.62 bits per heavy atom. The summed E-state index contributed by atoms with van der Waals surface area (Å²) in [6.07, 6.45) is -4.31. The summed E-state index contributed by atoms with van der Waals surface area (Å²) in [5.74, 6) is 0. The predicted octanol–water partition coefficient (Wildman–Crippen LogP) is 1.39. The van der Waals surface area contributed by atoms with Crippen LogP contribution in [0.2, 0.25) is 0 Å². The molecule has 0 unspecified atom stereocenters. The van der Waals surface area contributed by atoms with E-state index in [1.54, 1.807) is 0 Å². The number of allylic oxidation sites excluding steroid dienone is 1. The van der Waals surface area contributed by atoms with Crippen LogP contribution in [0.1, 0.15) is 0 Å². The summed E-state index contributed by atoms with van der Waals surface area (Å²) >= 11 is 4.59. The van der Waals surface area contributed by atoms with E-state index in [1.165, 1.54) is 0 Å². The van der Waals surface area contributed by atoms with Crippen LogP contribution >= 0.6 is 11.6 Å². The first-order valence-electron chi connectivity index (χ1n) is 1.41. The molecule has 0 atom stereocenters. The average molecular weight is 340 g/mol. The number of hydrogen-bond acceptors (Lipinski definition) is 0. The van der Waals surface area contributed by atoms with Crippen molar-refractivity contribution in [2.45, 2.75) is 6.18 Å². The molecule has 0 aromatic rings. The third-order valence-electron chi connectivity index (χ3n) is 0.252. The van der Waals surface area contributed by atoms with Crippen molar-refractivity contribution in [3.63, 3.8) is 0 Å². The average Bonchev–Trinajstić information content (AvgIpc) is 1.30. The Kier molecular flexibility index (Phi) is 6.64. The Hall–Kier alpha value is 0.742. The van der Waals surface area contributed by atoms with E-state index in [2.05, 4.69) is 11.6 Å². The van der Waals surface area contributed by atoms with E-state index < -0.39 is 6.18 Å². The van der Waals surface area contributed by atoms with E-state index in [0.29, 0.717) is 5.54 Å². The van der Waals surface area contributed by atoms with Crippen LogP contribution < -0.4 is 0 Å². The topological polar surface area (TPSA) is 0 Å². The molecule has 0 nitrogen and oxygen atoms in total. The Morgan fingerprint density at radius 1 is 1.25 bits per heavy atom. The Morgan fingerprint density at radius 3 is 1.62 bits per heavy atom. The van der Waals surface area contributed by atoms with Gasteiger partial charge in [-0.1, -0.05) is 11.6 Å². The molecule has 0 aliphatic carbocycles. The van der Waals surface area contributed by atoms with E-state index >= 15 is 0 Å². The minimum absolute atomic E-state index is 0. The van der Waals surface area contributed by atoms with Crippen molar-refractivity contribution in [1.82, 2.24) is 0 Å². The fourth-order valence-electron chi connectivity index (χ4n) is 0.0714. The zero-order valence-corrected chi connectivity index (χ0v) is 10.1. The van der Waals surface area contributed by atoms with Crippen molar-refractivity contribution >= 4 is 38.9 Å². The van der Waals surface area contributed by atoms with Crippen LogP contribution in [-0.4, -0.2) is 33.5 Å². The van der Waals surface area contributed by atoms with Gasteiger partial charge in [0.25, 0.3) is 0 Å². The molecule has 0 amide bonds. The second-order valence-corrected chi connectivity index (χ2v) is 1.09. The molecular weight excluding hydrogens is 336 g/mol. The SMILES string of the molecule is FC(F)(F)C=CCl.[PbH2]. The monoisotopic (exact) mass is 340 g/mol. The predicted molar refractivity (Wildman–Crippen MR) is 29.6 cm³/mol. The molecule has 0 aromatic carbocycles. The van der Waals surface area contributed by atoms with Gasteiger partial charge in [-0.3, -0.25) is 0 Å². The molecule has 0 bridgehead atoms. The van der Waals surface area contributed by atoms with Crippen LogP contribution in [0.15, 0.2) is 11.6 Å². The van der Waals surface area contributed by atoms with E-state index in [9.17, 15) is 13.2 Å². The summed E-state index contributed by atoms with van der Waals surface area (Å²) in [5.41, 5.74) is 0.431. The van der Waals surface area contributed by atoms with Gasteiger partial charge in [0.2, 0.25) is 0 Å². The van der Waals surface area contributed by atoms with Gasteiger partial charge in [0.15, 0.2) is 0 Å². The first kappa shape index (κ1) is 11.5. The Balaban J connectivity index is 0. The van der Waals surface area contributed by atoms with E-state index in [4.69, 9.17) is 0 Å². The van der Waals surface area contributed by atoms with E-state index in [1.807, 2.05) is 0 Å². The van der Waals surface area contributed by atoms with Gasteiger partial charge in [-0.2, -0.15) is 13.2 Å². The molecule has 0 saturated heterocycles. The molecule has 8 heavy (non-hydrogen) atoms. The number of alkyl halides is 3. The Bertz CT molecular complexity index is 77.1. The molecule has 2 radical (unpaired) electrons. The van der Waals surface area contributed by atoms with Gasteiger partial charge in [0, 0.05) is 11.6 Å². The van der Waals surface area contributed by atoms with Gasteiger partial charge >= 0.3 is 33.5 Å². The minimum atomic E-state index is -4.26. The summed E-state index contributed by atoms with van der Waals surface area (Å²) in [5, 5.41) is 0. The molecule has 0 N–H and O–H groups in total. The molecule has 0 heterocycles. The van der Waals surface area contributed by atoms with Gasteiger partial charge in [-0.05, 0) is 0 Å². The van der Waals surface area contributed by atoms with Gasteiger partial charge in [0.1, 0.15) is 0 Å². The fraction of sp³-hybridized carbons (Fsp3) is 0.333. The maximum atomic E-state index is 10.9. The van der Waals surface area contributed by atoms with Gasteiger partial charge in [-0.15, -0.1) is 0 Å². The van der Waals surface area contributed by atoms with Crippen LogP contribution in [0.4, 0.5) is 13.2 Å². The van der Waals surface area contributed by atoms with Crippen molar-refractivity contribution in [1.29, 1.82) is 0 Å². The normalized spacial score (nSPS) is 11.5. The standard InChI is InChI=1S/C3H2ClF3.Pb.2H/c4-2-1-3(5,6)7;;;/h1-2H;;;. The molecule has 0 aromatic heterocycles. The van der Waals surface area contributed by atoms with Crippen LogP contribution in [0.3, 0.4) is 0 Å². The molecule has 0 aliphatic rings. The first-order chi connectivity index (χ1) is 3.06. The number of hydrogen-bond donors (Lipinski definition) is 0. The van der Waals surface area contributed by atoms with Crippen molar-refractivity contribution < 1.29 is 13.2 Å². The van der Waals surface area contributed by atoms with Crippen molar-refractivity contribution in [3.8, 4) is 0 Å². The van der Waals surface area contributed by atoms with Crippen LogP contribution in [0, 0.1) is 0 Å². The Labute approximate surface area is 69.9 Å². The summed E-state index contributed by atoms with van der Waals surface area (Å²) in [7, 11) is 0. The quantitative estimate of drug-likeness (QED) is 0.585. The molecule has 48 valence electrons. The summed E-state index contributed by atoms with van der Waals surface area (Å²) in [6, 6.07) is 0. The van der Waals surface area contributed by atoms with Crippen molar-refractivity contribution in [2.24, 2.45) is 0 Å². The van der Waals surface area contributed by atoms with Crippen molar-refractivity contribution in [2.75, 3.05) is 0 Å². The second kappa shape index (κ2) is 4.60. The molecule has 0 aliphatic heterocycles. The maximum absolute atomic E-state index is 10.9. The second-order valence-electron chi connectivity index (χ2n) is 0.834. The zero-order chi connectivity index (χ0) is 5.91. The van der Waals surface area contributed by atoms with Gasteiger partial charge in [-0.25, -0.2) is 0 Å². The third-order valence-corrected chi connectivity index (χ3v) is 0.378. The van der Waals surface area contributed by atoms with Crippen LogP contribution in [0.5, 0.6) is 0 Å². The summed E-state index contributed by atoms with van der Waals surface area (Å²) in [6.45, 7) is 0. The van der Waals surface area contributed by atoms with Gasteiger partial charge in [0.05, 0.1) is 0 Å². The third kappa shape index (κ3) is 9.89. The first-order valence-corrected chi connectivity index (χ1v) is 1.84. The molecular formula is C3H4ClF3Pb. The molecule has 0 spiro atoms. The number of rotatable bonds is 0. The zero-order valence-electron chi connectivity index (χ0n) is 3.87. The van der Waals surface area contributed by atoms with Crippen molar-refractivity contribution in [3.05, 3.63) is 11.6 Å². The molecule has 0 saturated carbocycles.